The van der Waals surface area contributed by atoms with E-state index in [4.69, 9.17) is 18.0 Å². The standard InChI is InChI=1S/C12H20N4S/c1-7-5-8(2)16(6-7)12-10(11(13)17)9(3)14-15(12)4/h7-8H,5-6H2,1-4H3,(H2,13,17). The molecule has 94 valence electrons. The molecule has 0 spiro atoms. The first-order valence-corrected chi connectivity index (χ1v) is 6.42. The number of nitrogens with zero attached hydrogens (tertiary/aromatic N) is 3. The minimum atomic E-state index is 0.442. The maximum Gasteiger partial charge on any atom is 0.137 e. The van der Waals surface area contributed by atoms with Crippen molar-refractivity contribution in [3.8, 4) is 0 Å². The van der Waals surface area contributed by atoms with Crippen molar-refractivity contribution in [1.29, 1.82) is 0 Å². The molecule has 2 heterocycles. The first-order valence-electron chi connectivity index (χ1n) is 6.01. The van der Waals surface area contributed by atoms with Crippen molar-refractivity contribution in [2.75, 3.05) is 11.4 Å². The smallest absolute Gasteiger partial charge is 0.137 e. The van der Waals surface area contributed by atoms with Crippen LogP contribution in [0.25, 0.3) is 0 Å². The Morgan fingerprint density at radius 3 is 2.59 bits per heavy atom. The number of aryl methyl sites for hydroxylation is 2. The van der Waals surface area contributed by atoms with E-state index in [1.165, 1.54) is 6.42 Å². The van der Waals surface area contributed by atoms with Gasteiger partial charge in [-0.1, -0.05) is 19.1 Å². The molecule has 2 atom stereocenters. The van der Waals surface area contributed by atoms with Crippen molar-refractivity contribution >= 4 is 23.0 Å². The number of thiocarbonyl (C=S) groups is 1. The lowest BCUT2D eigenvalue weighted by Gasteiger charge is -2.25. The van der Waals surface area contributed by atoms with Crippen molar-refractivity contribution in [2.45, 2.75) is 33.2 Å². The van der Waals surface area contributed by atoms with Gasteiger partial charge in [0.15, 0.2) is 0 Å². The van der Waals surface area contributed by atoms with Crippen LogP contribution in [0, 0.1) is 12.8 Å². The third kappa shape index (κ3) is 2.04. The number of rotatable bonds is 2. The third-order valence-corrected chi connectivity index (χ3v) is 3.70. The van der Waals surface area contributed by atoms with Gasteiger partial charge in [0.25, 0.3) is 0 Å². The lowest BCUT2D eigenvalue weighted by Crippen LogP contribution is -2.31. The first kappa shape index (κ1) is 12.4. The van der Waals surface area contributed by atoms with Gasteiger partial charge >= 0.3 is 0 Å². The molecule has 0 amide bonds. The minimum absolute atomic E-state index is 0.442. The van der Waals surface area contributed by atoms with Crippen LogP contribution in [-0.2, 0) is 7.05 Å². The third-order valence-electron chi connectivity index (χ3n) is 3.49. The molecule has 1 saturated heterocycles. The second kappa shape index (κ2) is 4.29. The molecule has 1 aliphatic rings. The lowest BCUT2D eigenvalue weighted by molar-refractivity contribution is 0.624. The van der Waals surface area contributed by atoms with Crippen LogP contribution in [0.4, 0.5) is 5.82 Å². The number of anilines is 1. The van der Waals surface area contributed by atoms with Gasteiger partial charge in [-0.15, -0.1) is 0 Å². The van der Waals surface area contributed by atoms with Crippen LogP contribution < -0.4 is 10.6 Å². The SMILES string of the molecule is Cc1nn(C)c(N2CC(C)CC2C)c1C(N)=S. The average molecular weight is 252 g/mol. The first-order chi connectivity index (χ1) is 7.91. The van der Waals surface area contributed by atoms with Crippen molar-refractivity contribution < 1.29 is 0 Å². The molecule has 0 bridgehead atoms. The quantitative estimate of drug-likeness (QED) is 0.812. The number of hydrogen-bond donors (Lipinski definition) is 1. The summed E-state index contributed by atoms with van der Waals surface area (Å²) in [6.07, 6.45) is 1.21. The van der Waals surface area contributed by atoms with Crippen molar-refractivity contribution in [2.24, 2.45) is 18.7 Å². The maximum atomic E-state index is 5.83. The highest BCUT2D eigenvalue weighted by Crippen LogP contribution is 2.32. The molecule has 0 aromatic carbocycles. The van der Waals surface area contributed by atoms with Gasteiger partial charge in [-0.3, -0.25) is 4.68 Å². The normalized spacial score (nSPS) is 24.4. The second-order valence-corrected chi connectivity index (χ2v) is 5.55. The Morgan fingerprint density at radius 2 is 2.12 bits per heavy atom. The Morgan fingerprint density at radius 1 is 1.47 bits per heavy atom. The summed E-state index contributed by atoms with van der Waals surface area (Å²) in [4.78, 5) is 2.82. The predicted octanol–water partition coefficient (Wildman–Crippen LogP) is 1.60. The zero-order valence-electron chi connectivity index (χ0n) is 10.9. The molecule has 4 nitrogen and oxygen atoms in total. The maximum absolute atomic E-state index is 5.83. The molecular weight excluding hydrogens is 232 g/mol. The van der Waals surface area contributed by atoms with E-state index in [2.05, 4.69) is 23.8 Å². The average Bonchev–Trinajstić information content (AvgIpc) is 2.66. The van der Waals surface area contributed by atoms with Gasteiger partial charge in [0.1, 0.15) is 10.8 Å². The van der Waals surface area contributed by atoms with Crippen molar-refractivity contribution in [3.05, 3.63) is 11.3 Å². The van der Waals surface area contributed by atoms with Crippen LogP contribution in [0.1, 0.15) is 31.5 Å². The van der Waals surface area contributed by atoms with E-state index in [1.54, 1.807) is 0 Å². The highest BCUT2D eigenvalue weighted by atomic mass is 32.1. The van der Waals surface area contributed by atoms with Gasteiger partial charge < -0.3 is 10.6 Å². The van der Waals surface area contributed by atoms with Crippen LogP contribution in [0.15, 0.2) is 0 Å². The highest BCUT2D eigenvalue weighted by Gasteiger charge is 2.31. The summed E-state index contributed by atoms with van der Waals surface area (Å²) in [6.45, 7) is 7.53. The van der Waals surface area contributed by atoms with Gasteiger partial charge in [-0.05, 0) is 26.2 Å². The second-order valence-electron chi connectivity index (χ2n) is 5.11. The molecule has 17 heavy (non-hydrogen) atoms. The number of nitrogens with two attached hydrogens (primary N) is 1. The molecule has 5 heteroatoms. The van der Waals surface area contributed by atoms with E-state index in [0.29, 0.717) is 16.9 Å². The molecule has 2 N–H and O–H groups in total. The molecule has 0 saturated carbocycles. The fourth-order valence-corrected chi connectivity index (χ4v) is 3.10. The molecule has 1 fully saturated rings. The summed E-state index contributed by atoms with van der Waals surface area (Å²) in [5.41, 5.74) is 7.68. The zero-order valence-corrected chi connectivity index (χ0v) is 11.7. The lowest BCUT2D eigenvalue weighted by atomic mass is 10.1. The van der Waals surface area contributed by atoms with Crippen LogP contribution in [0.2, 0.25) is 0 Å². The van der Waals surface area contributed by atoms with E-state index < -0.39 is 0 Å². The zero-order chi connectivity index (χ0) is 12.7. The fourth-order valence-electron chi connectivity index (χ4n) is 2.86. The molecule has 0 radical (unpaired) electrons. The van der Waals surface area contributed by atoms with Crippen molar-refractivity contribution in [3.63, 3.8) is 0 Å². The van der Waals surface area contributed by atoms with Crippen LogP contribution in [0.5, 0.6) is 0 Å². The Hall–Kier alpha value is -1.10. The minimum Gasteiger partial charge on any atom is -0.389 e. The van der Waals surface area contributed by atoms with Crippen LogP contribution in [-0.4, -0.2) is 27.4 Å². The Balaban J connectivity index is 2.48. The van der Waals surface area contributed by atoms with Gasteiger partial charge in [-0.2, -0.15) is 5.10 Å². The van der Waals surface area contributed by atoms with E-state index >= 15 is 0 Å². The Bertz CT molecular complexity index is 452. The predicted molar refractivity (Wildman–Crippen MR) is 74.4 cm³/mol. The van der Waals surface area contributed by atoms with Crippen LogP contribution >= 0.6 is 12.2 Å². The van der Waals surface area contributed by atoms with Gasteiger partial charge in [0.05, 0.1) is 11.3 Å². The molecular formula is C12H20N4S. The van der Waals surface area contributed by atoms with E-state index in [-0.39, 0.29) is 0 Å². The topological polar surface area (TPSA) is 47.1 Å². The largest absolute Gasteiger partial charge is 0.389 e. The summed E-state index contributed by atoms with van der Waals surface area (Å²) in [5.74, 6) is 1.78. The van der Waals surface area contributed by atoms with E-state index in [9.17, 15) is 0 Å². The molecule has 2 unspecified atom stereocenters. The molecule has 0 aliphatic carbocycles. The van der Waals surface area contributed by atoms with E-state index in [1.807, 2.05) is 18.7 Å². The fraction of sp³-hybridized carbons (Fsp3) is 0.667. The van der Waals surface area contributed by atoms with Gasteiger partial charge in [-0.25, -0.2) is 0 Å². The summed E-state index contributed by atoms with van der Waals surface area (Å²) in [6, 6.07) is 0.521. The van der Waals surface area contributed by atoms with Crippen molar-refractivity contribution in [1.82, 2.24) is 9.78 Å². The summed E-state index contributed by atoms with van der Waals surface area (Å²) < 4.78 is 1.90. The van der Waals surface area contributed by atoms with Gasteiger partial charge in [0.2, 0.25) is 0 Å². The highest BCUT2D eigenvalue weighted by molar-refractivity contribution is 7.80. The summed E-state index contributed by atoms with van der Waals surface area (Å²) in [5, 5.41) is 4.44. The summed E-state index contributed by atoms with van der Waals surface area (Å²) in [7, 11) is 1.96. The molecule has 2 rings (SSSR count). The van der Waals surface area contributed by atoms with E-state index in [0.717, 1.165) is 23.6 Å². The molecule has 1 aliphatic heterocycles. The molecule has 1 aromatic rings. The number of aromatic nitrogens is 2. The Labute approximate surface area is 108 Å². The monoisotopic (exact) mass is 252 g/mol. The van der Waals surface area contributed by atoms with Gasteiger partial charge in [0, 0.05) is 19.6 Å². The number of hydrogen-bond acceptors (Lipinski definition) is 3. The molecule has 1 aromatic heterocycles. The Kier molecular flexibility index (Phi) is 3.12. The summed E-state index contributed by atoms with van der Waals surface area (Å²) >= 11 is 5.15. The van der Waals surface area contributed by atoms with Crippen LogP contribution in [0.3, 0.4) is 0 Å².